The topological polar surface area (TPSA) is 104 Å². The maximum absolute atomic E-state index is 12.1. The van der Waals surface area contributed by atoms with E-state index in [1.165, 1.54) is 11.3 Å². The van der Waals surface area contributed by atoms with E-state index in [1.807, 2.05) is 0 Å². The van der Waals surface area contributed by atoms with E-state index in [1.54, 1.807) is 24.4 Å². The normalized spacial score (nSPS) is 10.5. The zero-order chi connectivity index (χ0) is 15.6. The van der Waals surface area contributed by atoms with Gasteiger partial charge in [0.15, 0.2) is 5.78 Å². The lowest BCUT2D eigenvalue weighted by Gasteiger charge is -2.07. The molecule has 0 saturated carbocycles. The maximum atomic E-state index is 12.1. The number of carbonyl (C=O) groups excluding carboxylic acids is 1. The lowest BCUT2D eigenvalue weighted by Crippen LogP contribution is -2.41. The molecule has 0 amide bonds. The van der Waals surface area contributed by atoms with E-state index in [9.17, 15) is 24.5 Å². The Kier molecular flexibility index (Phi) is 4.13. The smallest absolute Gasteiger partial charge is 0.294 e. The van der Waals surface area contributed by atoms with Crippen molar-refractivity contribution < 1.29 is 9.72 Å². The van der Waals surface area contributed by atoms with Crippen LogP contribution in [0.3, 0.4) is 0 Å². The third kappa shape index (κ3) is 2.82. The molecule has 21 heavy (non-hydrogen) atoms. The van der Waals surface area contributed by atoms with Crippen molar-refractivity contribution in [1.82, 2.24) is 9.13 Å². The summed E-state index contributed by atoms with van der Waals surface area (Å²) < 4.78 is 1.63. The van der Waals surface area contributed by atoms with E-state index < -0.39 is 34.2 Å². The number of thiophene rings is 1. The molecule has 0 aliphatic carbocycles. The predicted molar refractivity (Wildman–Crippen MR) is 75.9 cm³/mol. The molecule has 0 bridgehead atoms. The average molecular weight is 309 g/mol. The van der Waals surface area contributed by atoms with Gasteiger partial charge in [0, 0.05) is 6.54 Å². The van der Waals surface area contributed by atoms with Crippen LogP contribution in [0.1, 0.15) is 16.6 Å². The van der Waals surface area contributed by atoms with Crippen molar-refractivity contribution in [3.8, 4) is 0 Å². The first-order chi connectivity index (χ1) is 9.95. The highest BCUT2D eigenvalue weighted by Crippen LogP contribution is 2.10. The SMILES string of the molecule is CCn1cc([N+](=O)[O-])c(=O)n(CC(=O)c2cccs2)c1=O. The van der Waals surface area contributed by atoms with Crippen LogP contribution in [0, 0.1) is 10.1 Å². The van der Waals surface area contributed by atoms with Crippen LogP contribution in [0.2, 0.25) is 0 Å². The van der Waals surface area contributed by atoms with Crippen LogP contribution in [0.5, 0.6) is 0 Å². The standard InChI is InChI=1S/C12H11N3O5S/c1-2-13-6-8(15(19)20)11(17)14(12(13)18)7-9(16)10-4-3-5-21-10/h3-6H,2,7H2,1H3. The average Bonchev–Trinajstić information content (AvgIpc) is 2.97. The first-order valence-electron chi connectivity index (χ1n) is 6.01. The van der Waals surface area contributed by atoms with Gasteiger partial charge in [-0.2, -0.15) is 0 Å². The molecule has 0 aromatic carbocycles. The Hall–Kier alpha value is -2.55. The van der Waals surface area contributed by atoms with Crippen LogP contribution in [0.15, 0.2) is 33.3 Å². The van der Waals surface area contributed by atoms with E-state index >= 15 is 0 Å². The van der Waals surface area contributed by atoms with Gasteiger partial charge in [0.1, 0.15) is 0 Å². The molecule has 0 atom stereocenters. The Bertz CT molecular complexity index is 803. The van der Waals surface area contributed by atoms with Crippen molar-refractivity contribution in [3.63, 3.8) is 0 Å². The van der Waals surface area contributed by atoms with E-state index in [2.05, 4.69) is 0 Å². The Balaban J connectivity index is 2.55. The zero-order valence-electron chi connectivity index (χ0n) is 11.0. The number of rotatable bonds is 5. The summed E-state index contributed by atoms with van der Waals surface area (Å²) in [5.41, 5.74) is -2.53. The fraction of sp³-hybridized carbons (Fsp3) is 0.250. The first-order valence-corrected chi connectivity index (χ1v) is 6.89. The molecule has 0 aliphatic rings. The zero-order valence-corrected chi connectivity index (χ0v) is 11.8. The number of Topliss-reactive ketones (excluding diaryl/α,β-unsaturated/α-hetero) is 1. The summed E-state index contributed by atoms with van der Waals surface area (Å²) in [5.74, 6) is -0.438. The quantitative estimate of drug-likeness (QED) is 0.463. The van der Waals surface area contributed by atoms with Crippen LogP contribution in [0.4, 0.5) is 5.69 Å². The molecular formula is C12H11N3O5S. The molecule has 0 aliphatic heterocycles. The van der Waals surface area contributed by atoms with Gasteiger partial charge < -0.3 is 0 Å². The summed E-state index contributed by atoms with van der Waals surface area (Å²) in [6.45, 7) is 1.26. The van der Waals surface area contributed by atoms with Crippen molar-refractivity contribution >= 4 is 22.8 Å². The number of hydrogen-bond acceptors (Lipinski definition) is 6. The maximum Gasteiger partial charge on any atom is 0.350 e. The molecule has 8 nitrogen and oxygen atoms in total. The van der Waals surface area contributed by atoms with Gasteiger partial charge in [0.25, 0.3) is 0 Å². The number of aryl methyl sites for hydroxylation is 1. The molecule has 2 aromatic heterocycles. The Morgan fingerprint density at radius 2 is 2.14 bits per heavy atom. The highest BCUT2D eigenvalue weighted by atomic mass is 32.1. The highest BCUT2D eigenvalue weighted by Gasteiger charge is 2.21. The Morgan fingerprint density at radius 3 is 2.67 bits per heavy atom. The van der Waals surface area contributed by atoms with Gasteiger partial charge in [-0.25, -0.2) is 9.36 Å². The highest BCUT2D eigenvalue weighted by molar-refractivity contribution is 7.12. The number of carbonyl (C=O) groups is 1. The minimum atomic E-state index is -1.07. The van der Waals surface area contributed by atoms with Crippen molar-refractivity contribution in [2.24, 2.45) is 0 Å². The summed E-state index contributed by atoms with van der Waals surface area (Å²) in [5, 5.41) is 12.6. The van der Waals surface area contributed by atoms with Crippen molar-refractivity contribution in [2.75, 3.05) is 0 Å². The first kappa shape index (κ1) is 14.9. The second kappa shape index (κ2) is 5.83. The van der Waals surface area contributed by atoms with Gasteiger partial charge in [-0.3, -0.25) is 24.3 Å². The van der Waals surface area contributed by atoms with Crippen molar-refractivity contribution in [3.05, 3.63) is 59.5 Å². The third-order valence-corrected chi connectivity index (χ3v) is 3.77. The molecule has 2 rings (SSSR count). The van der Waals surface area contributed by atoms with E-state index in [-0.39, 0.29) is 6.54 Å². The minimum Gasteiger partial charge on any atom is -0.294 e. The lowest BCUT2D eigenvalue weighted by molar-refractivity contribution is -0.387. The molecule has 0 spiro atoms. The molecular weight excluding hydrogens is 298 g/mol. The Labute approximate surface area is 122 Å². The number of nitrogens with zero attached hydrogens (tertiary/aromatic N) is 3. The fourth-order valence-electron chi connectivity index (χ4n) is 1.79. The minimum absolute atomic E-state index is 0.160. The van der Waals surface area contributed by atoms with Gasteiger partial charge in [0.2, 0.25) is 0 Å². The largest absolute Gasteiger partial charge is 0.350 e. The van der Waals surface area contributed by atoms with E-state index in [0.717, 1.165) is 10.8 Å². The number of aromatic nitrogens is 2. The fourth-order valence-corrected chi connectivity index (χ4v) is 2.45. The summed E-state index contributed by atoms with van der Waals surface area (Å²) in [6, 6.07) is 3.23. The molecule has 0 fully saturated rings. The molecule has 2 aromatic rings. The molecule has 9 heteroatoms. The molecule has 0 unspecified atom stereocenters. The number of nitro groups is 1. The Morgan fingerprint density at radius 1 is 1.43 bits per heavy atom. The van der Waals surface area contributed by atoms with Crippen LogP contribution in [-0.4, -0.2) is 19.8 Å². The van der Waals surface area contributed by atoms with E-state index in [0.29, 0.717) is 9.44 Å². The summed E-state index contributed by atoms with van der Waals surface area (Å²) in [4.78, 5) is 46.4. The summed E-state index contributed by atoms with van der Waals surface area (Å²) in [7, 11) is 0. The van der Waals surface area contributed by atoms with Gasteiger partial charge in [-0.15, -0.1) is 11.3 Å². The molecule has 0 radical (unpaired) electrons. The van der Waals surface area contributed by atoms with Crippen LogP contribution in [0.25, 0.3) is 0 Å². The third-order valence-electron chi connectivity index (χ3n) is 2.85. The second-order valence-corrected chi connectivity index (χ2v) is 5.08. The number of hydrogen-bond donors (Lipinski definition) is 0. The molecule has 0 saturated heterocycles. The summed E-state index contributed by atoms with van der Waals surface area (Å²) >= 11 is 1.17. The number of ketones is 1. The predicted octanol–water partition coefficient (Wildman–Crippen LogP) is 0.883. The van der Waals surface area contributed by atoms with Crippen LogP contribution >= 0.6 is 11.3 Å². The van der Waals surface area contributed by atoms with Gasteiger partial charge in [-0.1, -0.05) is 6.07 Å². The van der Waals surface area contributed by atoms with Crippen molar-refractivity contribution in [2.45, 2.75) is 20.0 Å². The van der Waals surface area contributed by atoms with Crippen LogP contribution < -0.4 is 11.2 Å². The lowest BCUT2D eigenvalue weighted by atomic mass is 10.3. The van der Waals surface area contributed by atoms with Crippen LogP contribution in [-0.2, 0) is 13.1 Å². The molecule has 0 N–H and O–H groups in total. The van der Waals surface area contributed by atoms with Crippen molar-refractivity contribution in [1.29, 1.82) is 0 Å². The molecule has 2 heterocycles. The van der Waals surface area contributed by atoms with Gasteiger partial charge >= 0.3 is 16.9 Å². The monoisotopic (exact) mass is 309 g/mol. The van der Waals surface area contributed by atoms with Gasteiger partial charge in [0.05, 0.1) is 22.5 Å². The summed E-state index contributed by atoms with van der Waals surface area (Å²) in [6.07, 6.45) is 0.900. The molecule has 110 valence electrons. The second-order valence-electron chi connectivity index (χ2n) is 4.13. The van der Waals surface area contributed by atoms with E-state index in [4.69, 9.17) is 0 Å². The van der Waals surface area contributed by atoms with Gasteiger partial charge in [-0.05, 0) is 18.4 Å².